The van der Waals surface area contributed by atoms with Crippen LogP contribution in [-0.4, -0.2) is 44.7 Å². The molecule has 0 bridgehead atoms. The minimum atomic E-state index is -1.03. The minimum absolute atomic E-state index is 0.142. The molecule has 1 aromatic heterocycles. The van der Waals surface area contributed by atoms with Gasteiger partial charge in [-0.05, 0) is 31.0 Å². The van der Waals surface area contributed by atoms with Gasteiger partial charge in [-0.2, -0.15) is 0 Å². The Morgan fingerprint density at radius 2 is 2.05 bits per heavy atom. The van der Waals surface area contributed by atoms with E-state index in [0.29, 0.717) is 29.7 Å². The van der Waals surface area contributed by atoms with Gasteiger partial charge in [0.25, 0.3) is 0 Å². The van der Waals surface area contributed by atoms with E-state index >= 15 is 0 Å². The van der Waals surface area contributed by atoms with Crippen molar-refractivity contribution in [2.24, 2.45) is 0 Å². The molecule has 1 aliphatic rings. The molecule has 0 aliphatic carbocycles. The topological polar surface area (TPSA) is 104 Å². The molecule has 1 atom stereocenters. The summed E-state index contributed by atoms with van der Waals surface area (Å²) in [6, 6.07) is 3.98. The van der Waals surface area contributed by atoms with Gasteiger partial charge in [0.2, 0.25) is 0 Å². The average molecular weight is 287 g/mol. The molecule has 0 spiro atoms. The van der Waals surface area contributed by atoms with Crippen molar-refractivity contribution in [2.75, 3.05) is 11.4 Å². The molecular weight excluding hydrogens is 274 g/mol. The zero-order valence-electron chi connectivity index (χ0n) is 11.1. The van der Waals surface area contributed by atoms with Crippen LogP contribution in [-0.2, 0) is 4.79 Å². The molecular formula is C14H13N3O4. The fourth-order valence-corrected chi connectivity index (χ4v) is 2.68. The van der Waals surface area contributed by atoms with Gasteiger partial charge < -0.3 is 15.1 Å². The first-order chi connectivity index (χ1) is 10.1. The summed E-state index contributed by atoms with van der Waals surface area (Å²) in [4.78, 5) is 32.3. The van der Waals surface area contributed by atoms with Crippen molar-refractivity contribution >= 4 is 28.7 Å². The zero-order chi connectivity index (χ0) is 15.0. The summed E-state index contributed by atoms with van der Waals surface area (Å²) in [6.07, 6.45) is 2.70. The Morgan fingerprint density at radius 3 is 2.76 bits per heavy atom. The van der Waals surface area contributed by atoms with Crippen molar-refractivity contribution < 1.29 is 19.8 Å². The Balaban J connectivity index is 2.11. The number of aliphatic carboxylic acids is 1. The molecule has 0 amide bonds. The largest absolute Gasteiger partial charge is 0.480 e. The molecule has 0 radical (unpaired) electrons. The summed E-state index contributed by atoms with van der Waals surface area (Å²) in [5.41, 5.74) is 0.638. The number of nitrogens with zero attached hydrogens (tertiary/aromatic N) is 3. The molecule has 2 heterocycles. The number of fused-ring (bicyclic) bond motifs is 1. The molecule has 21 heavy (non-hydrogen) atoms. The average Bonchev–Trinajstić information content (AvgIpc) is 2.95. The van der Waals surface area contributed by atoms with Gasteiger partial charge in [0.1, 0.15) is 18.2 Å². The van der Waals surface area contributed by atoms with Crippen molar-refractivity contribution in [3.05, 3.63) is 30.1 Å². The molecule has 1 fully saturated rings. The number of aromatic nitrogens is 2. The third-order valence-electron chi connectivity index (χ3n) is 3.67. The Hall–Kier alpha value is -2.70. The normalized spacial score (nSPS) is 18.1. The molecule has 108 valence electrons. The van der Waals surface area contributed by atoms with Gasteiger partial charge in [0.15, 0.2) is 0 Å². The van der Waals surface area contributed by atoms with Crippen LogP contribution in [0, 0.1) is 0 Å². The maximum atomic E-state index is 11.3. The van der Waals surface area contributed by atoms with Gasteiger partial charge in [0.05, 0.1) is 11.1 Å². The lowest BCUT2D eigenvalue weighted by atomic mass is 10.1. The second kappa shape index (κ2) is 5.01. The number of rotatable bonds is 3. The molecule has 2 N–H and O–H groups in total. The van der Waals surface area contributed by atoms with Gasteiger partial charge in [-0.3, -0.25) is 0 Å². The van der Waals surface area contributed by atoms with Crippen LogP contribution in [0.4, 0.5) is 5.82 Å². The smallest absolute Gasteiger partial charge is 0.335 e. The van der Waals surface area contributed by atoms with E-state index in [-0.39, 0.29) is 5.56 Å². The number of carbonyl (C=O) groups is 2. The Kier molecular flexibility index (Phi) is 3.17. The van der Waals surface area contributed by atoms with Crippen LogP contribution in [0.1, 0.15) is 23.2 Å². The Bertz CT molecular complexity index is 731. The Morgan fingerprint density at radius 1 is 1.24 bits per heavy atom. The van der Waals surface area contributed by atoms with Gasteiger partial charge in [-0.1, -0.05) is 0 Å². The fraction of sp³-hybridized carbons (Fsp3) is 0.286. The SMILES string of the molecule is O=C(O)c1ccc2c(N3CCC[C@H]3C(=O)O)ncnc2c1. The number of hydrogen-bond acceptors (Lipinski definition) is 5. The van der Waals surface area contributed by atoms with E-state index in [1.54, 1.807) is 11.0 Å². The minimum Gasteiger partial charge on any atom is -0.480 e. The second-order valence-corrected chi connectivity index (χ2v) is 4.92. The van der Waals surface area contributed by atoms with Crippen LogP contribution < -0.4 is 4.90 Å². The van der Waals surface area contributed by atoms with Crippen LogP contribution in [0.5, 0.6) is 0 Å². The molecule has 1 aliphatic heterocycles. The lowest BCUT2D eigenvalue weighted by Crippen LogP contribution is -2.36. The quantitative estimate of drug-likeness (QED) is 0.878. The lowest BCUT2D eigenvalue weighted by Gasteiger charge is -2.23. The first kappa shape index (κ1) is 13.3. The predicted octanol–water partition coefficient (Wildman–Crippen LogP) is 1.38. The van der Waals surface area contributed by atoms with E-state index in [9.17, 15) is 14.7 Å². The number of hydrogen-bond donors (Lipinski definition) is 2. The summed E-state index contributed by atoms with van der Waals surface area (Å²) >= 11 is 0. The third-order valence-corrected chi connectivity index (χ3v) is 3.67. The predicted molar refractivity (Wildman–Crippen MR) is 74.5 cm³/mol. The highest BCUT2D eigenvalue weighted by Crippen LogP contribution is 2.30. The van der Waals surface area contributed by atoms with Gasteiger partial charge >= 0.3 is 11.9 Å². The number of anilines is 1. The maximum Gasteiger partial charge on any atom is 0.335 e. The number of benzene rings is 1. The molecule has 1 saturated heterocycles. The van der Waals surface area contributed by atoms with Crippen LogP contribution in [0.25, 0.3) is 10.9 Å². The van der Waals surface area contributed by atoms with Crippen LogP contribution in [0.3, 0.4) is 0 Å². The van der Waals surface area contributed by atoms with E-state index in [0.717, 1.165) is 6.42 Å². The first-order valence-electron chi connectivity index (χ1n) is 6.55. The fourth-order valence-electron chi connectivity index (χ4n) is 2.68. The van der Waals surface area contributed by atoms with E-state index in [1.807, 2.05) is 0 Å². The van der Waals surface area contributed by atoms with Gasteiger partial charge in [-0.15, -0.1) is 0 Å². The van der Waals surface area contributed by atoms with Crippen LogP contribution in [0.15, 0.2) is 24.5 Å². The molecule has 1 aromatic carbocycles. The molecule has 0 unspecified atom stereocenters. The lowest BCUT2D eigenvalue weighted by molar-refractivity contribution is -0.138. The highest BCUT2D eigenvalue weighted by molar-refractivity contribution is 5.97. The molecule has 2 aromatic rings. The summed E-state index contributed by atoms with van der Waals surface area (Å²) in [5.74, 6) is -1.36. The number of carboxylic acids is 2. The monoisotopic (exact) mass is 287 g/mol. The Labute approximate surface area is 119 Å². The van der Waals surface area contributed by atoms with Crippen molar-refractivity contribution in [1.29, 1.82) is 0 Å². The number of aromatic carboxylic acids is 1. The van der Waals surface area contributed by atoms with E-state index in [4.69, 9.17) is 5.11 Å². The highest BCUT2D eigenvalue weighted by atomic mass is 16.4. The van der Waals surface area contributed by atoms with Crippen molar-refractivity contribution in [1.82, 2.24) is 9.97 Å². The second-order valence-electron chi connectivity index (χ2n) is 4.92. The van der Waals surface area contributed by atoms with E-state index in [2.05, 4.69) is 9.97 Å². The summed E-state index contributed by atoms with van der Waals surface area (Å²) in [7, 11) is 0. The summed E-state index contributed by atoms with van der Waals surface area (Å²) in [5, 5.41) is 18.9. The third kappa shape index (κ3) is 2.26. The maximum absolute atomic E-state index is 11.3. The van der Waals surface area contributed by atoms with Crippen LogP contribution in [0.2, 0.25) is 0 Å². The standard InChI is InChI=1S/C14H13N3O4/c18-13(19)8-3-4-9-10(6-8)15-7-16-12(9)17-5-1-2-11(17)14(20)21/h3-4,6-7,11H,1-2,5H2,(H,18,19)(H,20,21)/t11-/m0/s1. The summed E-state index contributed by atoms with van der Waals surface area (Å²) < 4.78 is 0. The van der Waals surface area contributed by atoms with Crippen LogP contribution >= 0.6 is 0 Å². The summed E-state index contributed by atoms with van der Waals surface area (Å²) in [6.45, 7) is 0.615. The first-order valence-corrected chi connectivity index (χ1v) is 6.55. The van der Waals surface area contributed by atoms with Gasteiger partial charge in [0, 0.05) is 11.9 Å². The van der Waals surface area contributed by atoms with Crippen molar-refractivity contribution in [2.45, 2.75) is 18.9 Å². The van der Waals surface area contributed by atoms with E-state index < -0.39 is 18.0 Å². The van der Waals surface area contributed by atoms with Gasteiger partial charge in [-0.25, -0.2) is 19.6 Å². The molecule has 7 heteroatoms. The zero-order valence-corrected chi connectivity index (χ0v) is 11.1. The number of carboxylic acid groups (broad SMARTS) is 2. The highest BCUT2D eigenvalue weighted by Gasteiger charge is 2.32. The molecule has 7 nitrogen and oxygen atoms in total. The van der Waals surface area contributed by atoms with Crippen molar-refractivity contribution in [3.63, 3.8) is 0 Å². The van der Waals surface area contributed by atoms with E-state index in [1.165, 1.54) is 18.5 Å². The molecule has 0 saturated carbocycles. The van der Waals surface area contributed by atoms with Crippen molar-refractivity contribution in [3.8, 4) is 0 Å². The molecule has 3 rings (SSSR count).